The molecule has 0 heterocycles. The lowest BCUT2D eigenvalue weighted by atomic mass is 9.62. The van der Waals surface area contributed by atoms with E-state index in [1.54, 1.807) is 11.1 Å². The first kappa shape index (κ1) is 27.8. The van der Waals surface area contributed by atoms with Gasteiger partial charge in [-0.3, -0.25) is 4.79 Å². The summed E-state index contributed by atoms with van der Waals surface area (Å²) < 4.78 is 0. The monoisotopic (exact) mass is 454 g/mol. The maximum Gasteiger partial charge on any atom is 0.138 e. The number of rotatable bonds is 6. The second-order valence-corrected chi connectivity index (χ2v) is 11.6. The minimum absolute atomic E-state index is 0.218. The van der Waals surface area contributed by atoms with Gasteiger partial charge in [-0.15, -0.1) is 0 Å². The highest BCUT2D eigenvalue weighted by Gasteiger charge is 2.45. The molecular weight excluding hydrogens is 404 g/mol. The number of carbonyl (C=O) groups excluding carboxylic acids is 1. The van der Waals surface area contributed by atoms with Crippen molar-refractivity contribution in [3.8, 4) is 0 Å². The first-order valence-corrected chi connectivity index (χ1v) is 13.5. The van der Waals surface area contributed by atoms with Crippen molar-refractivity contribution < 1.29 is 9.90 Å². The van der Waals surface area contributed by atoms with E-state index >= 15 is 0 Å². The number of allylic oxidation sites excluding steroid dienone is 5. The molecule has 2 saturated carbocycles. The first-order chi connectivity index (χ1) is 15.5. The number of hydrogen-bond donors (Lipinski definition) is 1. The van der Waals surface area contributed by atoms with Gasteiger partial charge < -0.3 is 5.11 Å². The van der Waals surface area contributed by atoms with Gasteiger partial charge in [0.1, 0.15) is 5.78 Å². The van der Waals surface area contributed by atoms with Crippen molar-refractivity contribution in [1.82, 2.24) is 0 Å². The zero-order valence-electron chi connectivity index (χ0n) is 22.6. The molecule has 3 unspecified atom stereocenters. The van der Waals surface area contributed by atoms with E-state index in [9.17, 15) is 9.90 Å². The number of fused-ring (bicyclic) bond motifs is 1. The van der Waals surface area contributed by atoms with Crippen LogP contribution < -0.4 is 0 Å². The van der Waals surface area contributed by atoms with Crippen LogP contribution in [0.2, 0.25) is 0 Å². The molecule has 2 nitrogen and oxygen atoms in total. The number of aliphatic hydroxyl groups is 1. The molecule has 3 aliphatic rings. The molecule has 0 saturated heterocycles. The maximum absolute atomic E-state index is 12.3. The summed E-state index contributed by atoms with van der Waals surface area (Å²) in [5, 5.41) is 10.1. The summed E-state index contributed by atoms with van der Waals surface area (Å²) in [6, 6.07) is 0. The Kier molecular flexibility index (Phi) is 9.97. The SMILES string of the molecule is C=C1/C(=C\C=C2/CCCC3(C)C([C@H](C)CCCC(=O)C(C)(C)C)=CCC23)CCCC1O.CC. The Bertz CT molecular complexity index is 788. The number of aliphatic hydroxyl groups excluding tert-OH is 1. The van der Waals surface area contributed by atoms with Crippen LogP contribution in [0.5, 0.6) is 0 Å². The summed E-state index contributed by atoms with van der Waals surface area (Å²) in [5.41, 5.74) is 5.42. The molecule has 0 aromatic heterocycles. The highest BCUT2D eigenvalue weighted by atomic mass is 16.3. The molecule has 3 rings (SSSR count). The van der Waals surface area contributed by atoms with Crippen LogP contribution in [0.15, 0.2) is 47.1 Å². The Morgan fingerprint density at radius 3 is 2.61 bits per heavy atom. The van der Waals surface area contributed by atoms with Crippen LogP contribution in [-0.4, -0.2) is 17.0 Å². The van der Waals surface area contributed by atoms with Crippen LogP contribution in [0.4, 0.5) is 0 Å². The second kappa shape index (κ2) is 11.8. The Morgan fingerprint density at radius 2 is 1.94 bits per heavy atom. The molecule has 4 atom stereocenters. The number of carbonyl (C=O) groups is 1. The Labute approximate surface area is 204 Å². The third kappa shape index (κ3) is 6.59. The standard InChI is InChI=1S/C29H44O2.C2H6/c1-20(10-7-14-27(31)28(3,4)5)24-17-18-25-23(12-9-19-29(24,25)6)16-15-22-11-8-13-26(30)21(22)2;1-2/h15-17,20,25-26,30H,2,7-14,18-19H2,1,3-6H3;1-2H3/b22-15-,23-16+;/t20-,25?,26?,29?;/m1./s1. The third-order valence-electron chi connectivity index (χ3n) is 8.26. The van der Waals surface area contributed by atoms with Crippen LogP contribution >= 0.6 is 0 Å². The van der Waals surface area contributed by atoms with Gasteiger partial charge in [0.2, 0.25) is 0 Å². The summed E-state index contributed by atoms with van der Waals surface area (Å²) in [6.45, 7) is 19.1. The molecule has 0 amide bonds. The van der Waals surface area contributed by atoms with Gasteiger partial charge in [0, 0.05) is 11.8 Å². The van der Waals surface area contributed by atoms with Crippen molar-refractivity contribution in [2.75, 3.05) is 0 Å². The van der Waals surface area contributed by atoms with Crippen molar-refractivity contribution in [1.29, 1.82) is 0 Å². The summed E-state index contributed by atoms with van der Waals surface area (Å²) >= 11 is 0. The fraction of sp³-hybridized carbons (Fsp3) is 0.710. The van der Waals surface area contributed by atoms with E-state index in [2.05, 4.69) is 38.7 Å². The smallest absolute Gasteiger partial charge is 0.138 e. The summed E-state index contributed by atoms with van der Waals surface area (Å²) in [6.07, 6.45) is 17.4. The van der Waals surface area contributed by atoms with E-state index in [1.807, 2.05) is 34.6 Å². The fourth-order valence-electron chi connectivity index (χ4n) is 6.15. The average Bonchev–Trinajstić information content (AvgIpc) is 3.13. The largest absolute Gasteiger partial charge is 0.388 e. The second-order valence-electron chi connectivity index (χ2n) is 11.6. The van der Waals surface area contributed by atoms with E-state index in [0.717, 1.165) is 44.1 Å². The lowest BCUT2D eigenvalue weighted by Gasteiger charge is -2.42. The Hall–Kier alpha value is -1.41. The highest BCUT2D eigenvalue weighted by Crippen LogP contribution is 2.57. The quantitative estimate of drug-likeness (QED) is 0.408. The van der Waals surface area contributed by atoms with E-state index in [4.69, 9.17) is 0 Å². The zero-order valence-corrected chi connectivity index (χ0v) is 22.6. The molecule has 0 aromatic carbocycles. The van der Waals surface area contributed by atoms with Gasteiger partial charge in [-0.1, -0.05) is 84.4 Å². The molecule has 2 fully saturated rings. The van der Waals surface area contributed by atoms with Gasteiger partial charge in [-0.05, 0) is 86.2 Å². The number of hydrogen-bond acceptors (Lipinski definition) is 2. The minimum atomic E-state index is -0.360. The molecule has 186 valence electrons. The molecule has 0 aliphatic heterocycles. The Balaban J connectivity index is 0.00000187. The molecule has 33 heavy (non-hydrogen) atoms. The zero-order chi connectivity index (χ0) is 24.8. The van der Waals surface area contributed by atoms with Crippen molar-refractivity contribution in [2.24, 2.45) is 22.7 Å². The predicted molar refractivity (Wildman–Crippen MR) is 142 cm³/mol. The van der Waals surface area contributed by atoms with Gasteiger partial charge in [-0.2, -0.15) is 0 Å². The fourth-order valence-corrected chi connectivity index (χ4v) is 6.15. The van der Waals surface area contributed by atoms with Crippen LogP contribution in [0.1, 0.15) is 113 Å². The van der Waals surface area contributed by atoms with Crippen LogP contribution in [-0.2, 0) is 4.79 Å². The summed E-state index contributed by atoms with van der Waals surface area (Å²) in [4.78, 5) is 12.3. The summed E-state index contributed by atoms with van der Waals surface area (Å²) in [7, 11) is 0. The van der Waals surface area contributed by atoms with Gasteiger partial charge in [-0.25, -0.2) is 0 Å². The number of Topliss-reactive ketones (excluding diaryl/α,β-unsaturated/α-hetero) is 1. The molecule has 0 radical (unpaired) electrons. The number of ketones is 1. The lowest BCUT2D eigenvalue weighted by Crippen LogP contribution is -2.32. The summed E-state index contributed by atoms with van der Waals surface area (Å²) in [5.74, 6) is 1.54. The molecule has 0 aromatic rings. The predicted octanol–water partition coefficient (Wildman–Crippen LogP) is 8.52. The third-order valence-corrected chi connectivity index (χ3v) is 8.26. The normalized spacial score (nSPS) is 31.0. The van der Waals surface area contributed by atoms with Crippen molar-refractivity contribution in [3.05, 3.63) is 47.1 Å². The van der Waals surface area contributed by atoms with Crippen LogP contribution in [0.25, 0.3) is 0 Å². The van der Waals surface area contributed by atoms with E-state index in [1.165, 1.54) is 24.8 Å². The molecule has 2 heteroatoms. The first-order valence-electron chi connectivity index (χ1n) is 13.5. The van der Waals surface area contributed by atoms with E-state index in [0.29, 0.717) is 24.0 Å². The van der Waals surface area contributed by atoms with Crippen LogP contribution in [0, 0.1) is 22.7 Å². The highest BCUT2D eigenvalue weighted by molar-refractivity contribution is 5.83. The molecule has 0 spiro atoms. The van der Waals surface area contributed by atoms with Gasteiger partial charge >= 0.3 is 0 Å². The van der Waals surface area contributed by atoms with E-state index < -0.39 is 0 Å². The average molecular weight is 455 g/mol. The lowest BCUT2D eigenvalue weighted by molar-refractivity contribution is -0.126. The molecule has 0 bridgehead atoms. The minimum Gasteiger partial charge on any atom is -0.388 e. The van der Waals surface area contributed by atoms with Gasteiger partial charge in [0.15, 0.2) is 0 Å². The van der Waals surface area contributed by atoms with Gasteiger partial charge in [0.25, 0.3) is 0 Å². The van der Waals surface area contributed by atoms with Crippen molar-refractivity contribution >= 4 is 5.78 Å². The van der Waals surface area contributed by atoms with E-state index in [-0.39, 0.29) is 16.9 Å². The van der Waals surface area contributed by atoms with Crippen molar-refractivity contribution in [3.63, 3.8) is 0 Å². The van der Waals surface area contributed by atoms with Gasteiger partial charge in [0.05, 0.1) is 6.10 Å². The van der Waals surface area contributed by atoms with Crippen LogP contribution in [0.3, 0.4) is 0 Å². The maximum atomic E-state index is 12.3. The molecular formula is C31H50O2. The van der Waals surface area contributed by atoms with Crippen molar-refractivity contribution in [2.45, 2.75) is 119 Å². The topological polar surface area (TPSA) is 37.3 Å². The molecule has 3 aliphatic carbocycles. The Morgan fingerprint density at radius 1 is 1.24 bits per heavy atom. The molecule has 1 N–H and O–H groups in total.